The highest BCUT2D eigenvalue weighted by Crippen LogP contribution is 2.32. The number of nitriles is 1. The summed E-state index contributed by atoms with van der Waals surface area (Å²) in [5.74, 6) is 1.10. The van der Waals surface area contributed by atoms with Crippen LogP contribution in [0.4, 0.5) is 10.1 Å². The molecule has 1 aromatic carbocycles. The van der Waals surface area contributed by atoms with Gasteiger partial charge < -0.3 is 5.32 Å². The van der Waals surface area contributed by atoms with E-state index in [0.717, 1.165) is 17.9 Å². The fourth-order valence-electron chi connectivity index (χ4n) is 2.18. The predicted octanol–water partition coefficient (Wildman–Crippen LogP) is 3.80. The normalized spacial score (nSPS) is 13.3. The van der Waals surface area contributed by atoms with Gasteiger partial charge in [-0.15, -0.1) is 11.3 Å². The standard InChI is InChI=1S/C15H11FN2OS2/c16-11-2-1-3-12(10(11)7-17)18-15(19)14-6-9-8-20-5-4-13(9)21-14/h1-3,6H,4-5,8H2,(H,18,19). The van der Waals surface area contributed by atoms with Gasteiger partial charge in [0.2, 0.25) is 0 Å². The van der Waals surface area contributed by atoms with Crippen molar-refractivity contribution >= 4 is 34.7 Å². The summed E-state index contributed by atoms with van der Waals surface area (Å²) >= 11 is 3.34. The van der Waals surface area contributed by atoms with Gasteiger partial charge in [0.15, 0.2) is 0 Å². The summed E-state index contributed by atoms with van der Waals surface area (Å²) in [5.41, 5.74) is 1.28. The predicted molar refractivity (Wildman–Crippen MR) is 83.3 cm³/mol. The zero-order valence-electron chi connectivity index (χ0n) is 11.0. The number of benzene rings is 1. The molecule has 106 valence electrons. The number of hydrogen-bond acceptors (Lipinski definition) is 4. The SMILES string of the molecule is N#Cc1c(F)cccc1NC(=O)c1cc2c(s1)CCSC2. The van der Waals surface area contributed by atoms with Crippen molar-refractivity contribution in [2.75, 3.05) is 11.1 Å². The Hall–Kier alpha value is -1.84. The molecular formula is C15H11FN2OS2. The number of nitrogens with one attached hydrogen (secondary N) is 1. The number of thiophene rings is 1. The van der Waals surface area contributed by atoms with Crippen molar-refractivity contribution in [1.29, 1.82) is 5.26 Å². The first kappa shape index (κ1) is 14.1. The van der Waals surface area contributed by atoms with Crippen LogP contribution in [0.2, 0.25) is 0 Å². The topological polar surface area (TPSA) is 52.9 Å². The summed E-state index contributed by atoms with van der Waals surface area (Å²) < 4.78 is 13.5. The molecule has 0 radical (unpaired) electrons. The molecule has 0 atom stereocenters. The second-order valence-corrected chi connectivity index (χ2v) is 6.83. The number of hydrogen-bond donors (Lipinski definition) is 1. The van der Waals surface area contributed by atoms with Crippen molar-refractivity contribution in [1.82, 2.24) is 0 Å². The van der Waals surface area contributed by atoms with Gasteiger partial charge in [0.25, 0.3) is 5.91 Å². The number of thioether (sulfide) groups is 1. The average molecular weight is 318 g/mol. The van der Waals surface area contributed by atoms with Crippen LogP contribution in [0.15, 0.2) is 24.3 Å². The molecule has 3 nitrogen and oxygen atoms in total. The summed E-state index contributed by atoms with van der Waals surface area (Å²) in [7, 11) is 0. The molecule has 3 rings (SSSR count). The van der Waals surface area contributed by atoms with Crippen LogP contribution in [-0.4, -0.2) is 11.7 Å². The molecule has 1 aliphatic heterocycles. The maximum atomic E-state index is 13.5. The van der Waals surface area contributed by atoms with Crippen molar-refractivity contribution in [2.24, 2.45) is 0 Å². The van der Waals surface area contributed by atoms with E-state index in [0.29, 0.717) is 4.88 Å². The first-order chi connectivity index (χ1) is 10.2. The molecule has 0 saturated heterocycles. The van der Waals surface area contributed by atoms with Crippen molar-refractivity contribution in [3.05, 3.63) is 51.0 Å². The fourth-order valence-corrected chi connectivity index (χ4v) is 4.45. The number of halogens is 1. The van der Waals surface area contributed by atoms with E-state index >= 15 is 0 Å². The maximum Gasteiger partial charge on any atom is 0.265 e. The lowest BCUT2D eigenvalue weighted by molar-refractivity contribution is 0.103. The molecule has 21 heavy (non-hydrogen) atoms. The number of rotatable bonds is 2. The zero-order valence-corrected chi connectivity index (χ0v) is 12.6. The Morgan fingerprint density at radius 1 is 1.43 bits per heavy atom. The molecule has 1 aromatic heterocycles. The molecule has 1 aliphatic rings. The molecule has 0 aliphatic carbocycles. The third-order valence-electron chi connectivity index (χ3n) is 3.23. The Balaban J connectivity index is 1.86. The third-order valence-corrected chi connectivity index (χ3v) is 5.47. The van der Waals surface area contributed by atoms with Crippen LogP contribution in [0.3, 0.4) is 0 Å². The van der Waals surface area contributed by atoms with Crippen molar-refractivity contribution in [3.63, 3.8) is 0 Å². The summed E-state index contributed by atoms with van der Waals surface area (Å²) in [6.07, 6.45) is 0.987. The summed E-state index contributed by atoms with van der Waals surface area (Å²) in [4.78, 5) is 14.1. The van der Waals surface area contributed by atoms with Gasteiger partial charge in [0.05, 0.1) is 10.6 Å². The van der Waals surface area contributed by atoms with Gasteiger partial charge in [0.1, 0.15) is 17.4 Å². The minimum Gasteiger partial charge on any atom is -0.320 e. The van der Waals surface area contributed by atoms with Gasteiger partial charge in [-0.3, -0.25) is 4.79 Å². The molecule has 0 bridgehead atoms. The van der Waals surface area contributed by atoms with Crippen molar-refractivity contribution in [2.45, 2.75) is 12.2 Å². The van der Waals surface area contributed by atoms with Gasteiger partial charge in [-0.1, -0.05) is 6.07 Å². The number of carbonyl (C=O) groups excluding carboxylic acids is 1. The molecule has 6 heteroatoms. The van der Waals surface area contributed by atoms with E-state index in [-0.39, 0.29) is 17.2 Å². The van der Waals surface area contributed by atoms with Gasteiger partial charge in [-0.25, -0.2) is 4.39 Å². The molecule has 0 saturated carbocycles. The summed E-state index contributed by atoms with van der Waals surface area (Å²) in [6.45, 7) is 0. The van der Waals surface area contributed by atoms with Crippen LogP contribution in [-0.2, 0) is 12.2 Å². The number of fused-ring (bicyclic) bond motifs is 1. The Kier molecular flexibility index (Phi) is 3.95. The number of amides is 1. The number of aryl methyl sites for hydroxylation is 1. The van der Waals surface area contributed by atoms with Crippen LogP contribution in [0, 0.1) is 17.1 Å². The lowest BCUT2D eigenvalue weighted by Crippen LogP contribution is -2.11. The third kappa shape index (κ3) is 2.80. The lowest BCUT2D eigenvalue weighted by atomic mass is 10.2. The lowest BCUT2D eigenvalue weighted by Gasteiger charge is -2.08. The van der Waals surface area contributed by atoms with Gasteiger partial charge >= 0.3 is 0 Å². The highest BCUT2D eigenvalue weighted by atomic mass is 32.2. The van der Waals surface area contributed by atoms with E-state index in [2.05, 4.69) is 5.32 Å². The van der Waals surface area contributed by atoms with E-state index in [1.165, 1.54) is 40.0 Å². The maximum absolute atomic E-state index is 13.5. The minimum atomic E-state index is -0.628. The van der Waals surface area contributed by atoms with Gasteiger partial charge in [0, 0.05) is 10.6 Å². The van der Waals surface area contributed by atoms with E-state index in [1.807, 2.05) is 17.8 Å². The van der Waals surface area contributed by atoms with E-state index in [9.17, 15) is 9.18 Å². The van der Waals surface area contributed by atoms with Crippen LogP contribution >= 0.6 is 23.1 Å². The number of carbonyl (C=O) groups is 1. The highest BCUT2D eigenvalue weighted by Gasteiger charge is 2.18. The Bertz CT molecular complexity index is 725. The first-order valence-electron chi connectivity index (χ1n) is 6.38. The average Bonchev–Trinajstić information content (AvgIpc) is 2.91. The second kappa shape index (κ2) is 5.88. The molecule has 2 aromatic rings. The number of nitrogens with zero attached hydrogens (tertiary/aromatic N) is 1. The Morgan fingerprint density at radius 2 is 2.29 bits per heavy atom. The monoisotopic (exact) mass is 318 g/mol. The van der Waals surface area contributed by atoms with Crippen LogP contribution in [0.1, 0.15) is 25.7 Å². The van der Waals surface area contributed by atoms with E-state index < -0.39 is 5.82 Å². The van der Waals surface area contributed by atoms with Crippen LogP contribution in [0.5, 0.6) is 0 Å². The van der Waals surface area contributed by atoms with Gasteiger partial charge in [-0.2, -0.15) is 17.0 Å². The van der Waals surface area contributed by atoms with Crippen LogP contribution in [0.25, 0.3) is 0 Å². The molecule has 1 N–H and O–H groups in total. The molecule has 0 fully saturated rings. The second-order valence-electron chi connectivity index (χ2n) is 4.59. The summed E-state index contributed by atoms with van der Waals surface area (Å²) in [5, 5.41) is 11.6. The molecular weight excluding hydrogens is 307 g/mol. The largest absolute Gasteiger partial charge is 0.320 e. The zero-order chi connectivity index (χ0) is 14.8. The number of anilines is 1. The Labute approximate surface area is 129 Å². The van der Waals surface area contributed by atoms with Crippen molar-refractivity contribution < 1.29 is 9.18 Å². The summed E-state index contributed by atoms with van der Waals surface area (Å²) in [6, 6.07) is 7.88. The van der Waals surface area contributed by atoms with E-state index in [1.54, 1.807) is 6.07 Å². The molecule has 0 unspecified atom stereocenters. The minimum absolute atomic E-state index is 0.136. The van der Waals surface area contributed by atoms with E-state index in [4.69, 9.17) is 5.26 Å². The molecule has 1 amide bonds. The first-order valence-corrected chi connectivity index (χ1v) is 8.35. The van der Waals surface area contributed by atoms with Crippen LogP contribution < -0.4 is 5.32 Å². The highest BCUT2D eigenvalue weighted by molar-refractivity contribution is 7.98. The quantitative estimate of drug-likeness (QED) is 0.916. The van der Waals surface area contributed by atoms with Crippen molar-refractivity contribution in [3.8, 4) is 6.07 Å². The Morgan fingerprint density at radius 3 is 3.05 bits per heavy atom. The van der Waals surface area contributed by atoms with Gasteiger partial charge in [-0.05, 0) is 35.9 Å². The fraction of sp³-hybridized carbons (Fsp3) is 0.200. The molecule has 0 spiro atoms. The smallest absolute Gasteiger partial charge is 0.265 e. The molecule has 2 heterocycles.